The van der Waals surface area contributed by atoms with Gasteiger partial charge in [-0.1, -0.05) is 19.1 Å². The quantitative estimate of drug-likeness (QED) is 0.416. The van der Waals surface area contributed by atoms with Crippen LogP contribution in [0.1, 0.15) is 19.4 Å². The van der Waals surface area contributed by atoms with Crippen molar-refractivity contribution in [3.05, 3.63) is 29.8 Å². The van der Waals surface area contributed by atoms with E-state index in [2.05, 4.69) is 22.5 Å². The van der Waals surface area contributed by atoms with Crippen LogP contribution in [0.3, 0.4) is 0 Å². The lowest BCUT2D eigenvalue weighted by molar-refractivity contribution is -0.119. The van der Waals surface area contributed by atoms with Gasteiger partial charge in [0.2, 0.25) is 5.91 Å². The van der Waals surface area contributed by atoms with Crippen molar-refractivity contribution in [1.29, 1.82) is 0 Å². The highest BCUT2D eigenvalue weighted by atomic mass is 127. The SMILES string of the molecule is CCNC(=O)CN=C(N)Nc1ccc(CC)cc1.I. The van der Waals surface area contributed by atoms with E-state index in [1.54, 1.807) is 0 Å². The summed E-state index contributed by atoms with van der Waals surface area (Å²) in [6.07, 6.45) is 1.00. The highest BCUT2D eigenvalue weighted by Gasteiger charge is 1.99. The fourth-order valence-electron chi connectivity index (χ4n) is 1.42. The molecule has 0 heterocycles. The molecule has 0 unspecified atom stereocenters. The number of anilines is 1. The Morgan fingerprint density at radius 3 is 2.42 bits per heavy atom. The third kappa shape index (κ3) is 7.00. The van der Waals surface area contributed by atoms with Crippen molar-refractivity contribution in [2.75, 3.05) is 18.4 Å². The summed E-state index contributed by atoms with van der Waals surface area (Å²) in [5, 5.41) is 5.59. The number of nitrogens with two attached hydrogens (primary N) is 1. The topological polar surface area (TPSA) is 79.5 Å². The molecule has 0 saturated carbocycles. The molecule has 0 fully saturated rings. The van der Waals surface area contributed by atoms with Gasteiger partial charge in [0.1, 0.15) is 6.54 Å². The number of nitrogens with one attached hydrogen (secondary N) is 2. The molecule has 0 aliphatic rings. The lowest BCUT2D eigenvalue weighted by Gasteiger charge is -2.06. The summed E-state index contributed by atoms with van der Waals surface area (Å²) < 4.78 is 0. The number of aliphatic imine (C=N–C) groups is 1. The van der Waals surface area contributed by atoms with E-state index in [-0.39, 0.29) is 42.4 Å². The minimum absolute atomic E-state index is 0. The van der Waals surface area contributed by atoms with Crippen LogP contribution in [-0.2, 0) is 11.2 Å². The summed E-state index contributed by atoms with van der Waals surface area (Å²) in [7, 11) is 0. The first-order valence-corrected chi connectivity index (χ1v) is 6.08. The molecule has 0 aliphatic carbocycles. The van der Waals surface area contributed by atoms with Gasteiger partial charge < -0.3 is 16.4 Å². The monoisotopic (exact) mass is 376 g/mol. The molecule has 0 aliphatic heterocycles. The van der Waals surface area contributed by atoms with Crippen molar-refractivity contribution in [3.8, 4) is 0 Å². The highest BCUT2D eigenvalue weighted by molar-refractivity contribution is 14.0. The average molecular weight is 376 g/mol. The lowest BCUT2D eigenvalue weighted by Crippen LogP contribution is -2.28. The van der Waals surface area contributed by atoms with Crippen LogP contribution < -0.4 is 16.4 Å². The van der Waals surface area contributed by atoms with Gasteiger partial charge in [-0.05, 0) is 31.0 Å². The predicted molar refractivity (Wildman–Crippen MR) is 90.0 cm³/mol. The molecular formula is C13H21IN4O. The first-order valence-electron chi connectivity index (χ1n) is 6.08. The van der Waals surface area contributed by atoms with E-state index in [1.165, 1.54) is 5.56 Å². The molecule has 1 aromatic rings. The minimum Gasteiger partial charge on any atom is -0.370 e. The fourth-order valence-corrected chi connectivity index (χ4v) is 1.42. The Kier molecular flexibility index (Phi) is 8.94. The first-order chi connectivity index (χ1) is 8.65. The largest absolute Gasteiger partial charge is 0.370 e. The molecule has 1 amide bonds. The Hall–Kier alpha value is -1.31. The number of rotatable bonds is 5. The molecule has 1 aromatic carbocycles. The van der Waals surface area contributed by atoms with Gasteiger partial charge in [0.25, 0.3) is 0 Å². The number of halogens is 1. The van der Waals surface area contributed by atoms with E-state index in [0.717, 1.165) is 12.1 Å². The zero-order chi connectivity index (χ0) is 13.4. The van der Waals surface area contributed by atoms with Crippen LogP contribution in [0, 0.1) is 0 Å². The summed E-state index contributed by atoms with van der Waals surface area (Å²) in [6, 6.07) is 7.93. The third-order valence-corrected chi connectivity index (χ3v) is 2.40. The maximum absolute atomic E-state index is 11.2. The number of amides is 1. The van der Waals surface area contributed by atoms with Gasteiger partial charge >= 0.3 is 0 Å². The van der Waals surface area contributed by atoms with Crippen molar-refractivity contribution in [1.82, 2.24) is 5.32 Å². The van der Waals surface area contributed by atoms with E-state index < -0.39 is 0 Å². The van der Waals surface area contributed by atoms with Crippen molar-refractivity contribution < 1.29 is 4.79 Å². The van der Waals surface area contributed by atoms with Gasteiger partial charge in [0.15, 0.2) is 5.96 Å². The maximum Gasteiger partial charge on any atom is 0.241 e. The molecule has 5 nitrogen and oxygen atoms in total. The molecule has 0 aromatic heterocycles. The van der Waals surface area contributed by atoms with Gasteiger partial charge in [-0.3, -0.25) is 4.79 Å². The Morgan fingerprint density at radius 2 is 1.89 bits per heavy atom. The molecule has 0 atom stereocenters. The standard InChI is InChI=1S/C13H20N4O.HI/c1-3-10-5-7-11(8-6-10)17-13(14)16-9-12(18)15-4-2;/h5-8H,3-4,9H2,1-2H3,(H,15,18)(H3,14,16,17);1H. The fraction of sp³-hybridized carbons (Fsp3) is 0.385. The van der Waals surface area contributed by atoms with E-state index >= 15 is 0 Å². The van der Waals surface area contributed by atoms with Crippen LogP contribution in [0.4, 0.5) is 5.69 Å². The van der Waals surface area contributed by atoms with Crippen molar-refractivity contribution >= 4 is 41.5 Å². The second kappa shape index (κ2) is 9.60. The summed E-state index contributed by atoms with van der Waals surface area (Å²) in [5.41, 5.74) is 7.81. The van der Waals surface area contributed by atoms with E-state index in [4.69, 9.17) is 5.73 Å². The lowest BCUT2D eigenvalue weighted by atomic mass is 10.1. The second-order valence-corrected chi connectivity index (χ2v) is 3.83. The Morgan fingerprint density at radius 1 is 1.26 bits per heavy atom. The van der Waals surface area contributed by atoms with Gasteiger partial charge in [-0.15, -0.1) is 24.0 Å². The molecule has 19 heavy (non-hydrogen) atoms. The van der Waals surface area contributed by atoms with Crippen LogP contribution in [0.25, 0.3) is 0 Å². The Balaban J connectivity index is 0.00000324. The number of benzene rings is 1. The Labute approximate surface area is 131 Å². The summed E-state index contributed by atoms with van der Waals surface area (Å²) >= 11 is 0. The van der Waals surface area contributed by atoms with Crippen molar-refractivity contribution in [3.63, 3.8) is 0 Å². The van der Waals surface area contributed by atoms with E-state index in [1.807, 2.05) is 31.2 Å². The predicted octanol–water partition coefficient (Wildman–Crippen LogP) is 1.73. The molecular weight excluding hydrogens is 355 g/mol. The number of guanidine groups is 1. The number of carbonyl (C=O) groups is 1. The molecule has 0 spiro atoms. The third-order valence-electron chi connectivity index (χ3n) is 2.40. The summed E-state index contributed by atoms with van der Waals surface area (Å²) in [4.78, 5) is 15.1. The molecule has 0 bridgehead atoms. The smallest absolute Gasteiger partial charge is 0.241 e. The number of hydrogen-bond donors (Lipinski definition) is 3. The zero-order valence-corrected chi connectivity index (χ0v) is 13.6. The molecule has 0 radical (unpaired) electrons. The van der Waals surface area contributed by atoms with Crippen LogP contribution in [-0.4, -0.2) is 25.0 Å². The number of carbonyl (C=O) groups excluding carboxylic acids is 1. The van der Waals surface area contributed by atoms with Gasteiger partial charge in [-0.25, -0.2) is 4.99 Å². The van der Waals surface area contributed by atoms with Crippen molar-refractivity contribution in [2.24, 2.45) is 10.7 Å². The number of aryl methyl sites for hydroxylation is 1. The van der Waals surface area contributed by atoms with Crippen LogP contribution >= 0.6 is 24.0 Å². The number of hydrogen-bond acceptors (Lipinski definition) is 2. The molecule has 0 saturated heterocycles. The number of nitrogens with zero attached hydrogens (tertiary/aromatic N) is 1. The van der Waals surface area contributed by atoms with Gasteiger partial charge in [0.05, 0.1) is 0 Å². The van der Waals surface area contributed by atoms with Crippen LogP contribution in [0.2, 0.25) is 0 Å². The van der Waals surface area contributed by atoms with Crippen molar-refractivity contribution in [2.45, 2.75) is 20.3 Å². The molecule has 1 rings (SSSR count). The second-order valence-electron chi connectivity index (χ2n) is 3.83. The molecule has 6 heteroatoms. The van der Waals surface area contributed by atoms with Gasteiger partial charge in [-0.2, -0.15) is 0 Å². The Bertz CT molecular complexity index is 417. The number of likely N-dealkylation sites (N-methyl/N-ethyl adjacent to an activating group) is 1. The summed E-state index contributed by atoms with van der Waals surface area (Å²) in [5.74, 6) is 0.106. The molecule has 106 valence electrons. The zero-order valence-electron chi connectivity index (χ0n) is 11.3. The summed E-state index contributed by atoms with van der Waals surface area (Å²) in [6.45, 7) is 4.60. The van der Waals surface area contributed by atoms with E-state index in [9.17, 15) is 4.79 Å². The highest BCUT2D eigenvalue weighted by Crippen LogP contribution is 2.09. The van der Waals surface area contributed by atoms with Gasteiger partial charge in [0, 0.05) is 12.2 Å². The average Bonchev–Trinajstić information content (AvgIpc) is 2.38. The normalized spacial score (nSPS) is 10.5. The van der Waals surface area contributed by atoms with Crippen LogP contribution in [0.5, 0.6) is 0 Å². The minimum atomic E-state index is -0.136. The van der Waals surface area contributed by atoms with E-state index in [0.29, 0.717) is 6.54 Å². The van der Waals surface area contributed by atoms with Crippen LogP contribution in [0.15, 0.2) is 29.3 Å². The first kappa shape index (κ1) is 17.7. The maximum atomic E-state index is 11.2. The molecule has 4 N–H and O–H groups in total.